The molecule has 0 spiro atoms. The number of amides is 1. The monoisotopic (exact) mass is 473 g/mol. The van der Waals surface area contributed by atoms with E-state index in [1.807, 2.05) is 4.57 Å². The summed E-state index contributed by atoms with van der Waals surface area (Å²) < 4.78 is 7.68. The molecule has 1 fully saturated rings. The molecule has 1 aliphatic rings. The van der Waals surface area contributed by atoms with Crippen molar-refractivity contribution in [2.75, 3.05) is 17.7 Å². The number of non-ortho nitro benzene ring substituents is 1. The van der Waals surface area contributed by atoms with Gasteiger partial charge in [-0.05, 0) is 37.1 Å². The molecule has 1 N–H and O–H groups in total. The molecule has 0 saturated carbocycles. The van der Waals surface area contributed by atoms with Crippen molar-refractivity contribution >= 4 is 40.6 Å². The number of para-hydroxylation sites is 1. The van der Waals surface area contributed by atoms with Gasteiger partial charge in [0.1, 0.15) is 0 Å². The molecule has 2 heterocycles. The third-order valence-electron chi connectivity index (χ3n) is 4.94. The quantitative estimate of drug-likeness (QED) is 0.293. The van der Waals surface area contributed by atoms with Crippen LogP contribution in [0.4, 0.5) is 11.4 Å². The number of nitrogens with zero attached hydrogens (tertiary/aromatic N) is 4. The van der Waals surface area contributed by atoms with Crippen molar-refractivity contribution in [3.8, 4) is 11.4 Å². The summed E-state index contributed by atoms with van der Waals surface area (Å²) in [5.41, 5.74) is 1.26. The first kappa shape index (κ1) is 22.3. The fourth-order valence-electron chi connectivity index (χ4n) is 3.38. The Morgan fingerprint density at radius 1 is 1.25 bits per heavy atom. The third-order valence-corrected chi connectivity index (χ3v) is 6.24. The molecule has 2 aromatic carbocycles. The molecule has 1 aromatic heterocycles. The van der Waals surface area contributed by atoms with E-state index in [9.17, 15) is 14.9 Å². The van der Waals surface area contributed by atoms with Crippen LogP contribution in [-0.4, -0.2) is 44.1 Å². The van der Waals surface area contributed by atoms with Gasteiger partial charge in [-0.3, -0.25) is 19.5 Å². The second-order valence-electron chi connectivity index (χ2n) is 7.17. The van der Waals surface area contributed by atoms with Crippen LogP contribution in [0.5, 0.6) is 0 Å². The maximum absolute atomic E-state index is 12.4. The number of nitro benzene ring substituents is 1. The SMILES string of the molecule is O=C(CSc1nnc(-c2ccc([N+](=O)[O-])cc2)n1C[C@H]1CCCO1)Nc1ccccc1Cl. The van der Waals surface area contributed by atoms with E-state index in [1.54, 1.807) is 36.4 Å². The van der Waals surface area contributed by atoms with Crippen LogP contribution in [0.2, 0.25) is 5.02 Å². The van der Waals surface area contributed by atoms with Crippen LogP contribution in [-0.2, 0) is 16.1 Å². The summed E-state index contributed by atoms with van der Waals surface area (Å²) in [6.07, 6.45) is 1.94. The number of carbonyl (C=O) groups is 1. The number of nitro groups is 1. The van der Waals surface area contributed by atoms with E-state index in [0.29, 0.717) is 40.4 Å². The van der Waals surface area contributed by atoms with Crippen LogP contribution in [0.3, 0.4) is 0 Å². The van der Waals surface area contributed by atoms with Gasteiger partial charge >= 0.3 is 0 Å². The zero-order valence-electron chi connectivity index (χ0n) is 16.9. The molecule has 0 unspecified atom stereocenters. The summed E-state index contributed by atoms with van der Waals surface area (Å²) in [6.45, 7) is 1.25. The molecule has 0 bridgehead atoms. The zero-order valence-corrected chi connectivity index (χ0v) is 18.5. The number of anilines is 1. The first-order chi connectivity index (χ1) is 15.5. The first-order valence-electron chi connectivity index (χ1n) is 9.98. The normalized spacial score (nSPS) is 15.6. The van der Waals surface area contributed by atoms with Crippen molar-refractivity contribution in [3.05, 3.63) is 63.7 Å². The van der Waals surface area contributed by atoms with Gasteiger partial charge in [0.2, 0.25) is 5.91 Å². The highest BCUT2D eigenvalue weighted by atomic mass is 35.5. The average molecular weight is 474 g/mol. The largest absolute Gasteiger partial charge is 0.376 e. The lowest BCUT2D eigenvalue weighted by molar-refractivity contribution is -0.384. The molecule has 9 nitrogen and oxygen atoms in total. The number of rotatable bonds is 8. The minimum atomic E-state index is -0.445. The van der Waals surface area contributed by atoms with Crippen molar-refractivity contribution in [1.82, 2.24) is 14.8 Å². The topological polar surface area (TPSA) is 112 Å². The number of hydrogen-bond acceptors (Lipinski definition) is 7. The highest BCUT2D eigenvalue weighted by Crippen LogP contribution is 2.28. The number of benzene rings is 2. The van der Waals surface area contributed by atoms with Crippen molar-refractivity contribution in [1.29, 1.82) is 0 Å². The number of carbonyl (C=O) groups excluding carboxylic acids is 1. The zero-order chi connectivity index (χ0) is 22.5. The predicted octanol–water partition coefficient (Wildman–Crippen LogP) is 4.42. The summed E-state index contributed by atoms with van der Waals surface area (Å²) in [5.74, 6) is 0.478. The molecule has 1 amide bonds. The Bertz CT molecular complexity index is 1120. The Kier molecular flexibility index (Phi) is 7.03. The smallest absolute Gasteiger partial charge is 0.269 e. The summed E-state index contributed by atoms with van der Waals surface area (Å²) >= 11 is 7.36. The average Bonchev–Trinajstić information content (AvgIpc) is 3.44. The van der Waals surface area contributed by atoms with E-state index in [4.69, 9.17) is 16.3 Å². The Labute approximate surface area is 193 Å². The summed E-state index contributed by atoms with van der Waals surface area (Å²) in [5, 5.41) is 23.3. The van der Waals surface area contributed by atoms with Crippen molar-refractivity contribution in [2.45, 2.75) is 30.6 Å². The Hall–Kier alpha value is -2.95. The van der Waals surface area contributed by atoms with Gasteiger partial charge in [-0.2, -0.15) is 0 Å². The van der Waals surface area contributed by atoms with Gasteiger partial charge in [0.05, 0.1) is 34.0 Å². The van der Waals surface area contributed by atoms with Crippen molar-refractivity contribution in [3.63, 3.8) is 0 Å². The fourth-order valence-corrected chi connectivity index (χ4v) is 4.31. The van der Waals surface area contributed by atoms with Gasteiger partial charge in [0.25, 0.3) is 5.69 Å². The van der Waals surface area contributed by atoms with Gasteiger partial charge in [-0.1, -0.05) is 35.5 Å². The van der Waals surface area contributed by atoms with E-state index in [2.05, 4.69) is 15.5 Å². The maximum atomic E-state index is 12.4. The van der Waals surface area contributed by atoms with Crippen LogP contribution in [0.25, 0.3) is 11.4 Å². The first-order valence-corrected chi connectivity index (χ1v) is 11.3. The van der Waals surface area contributed by atoms with Gasteiger partial charge in [0.15, 0.2) is 11.0 Å². The maximum Gasteiger partial charge on any atom is 0.269 e. The molecule has 3 aromatic rings. The van der Waals surface area contributed by atoms with Gasteiger partial charge < -0.3 is 10.1 Å². The molecule has 0 aliphatic carbocycles. The van der Waals surface area contributed by atoms with Crippen LogP contribution < -0.4 is 5.32 Å². The fraction of sp³-hybridized carbons (Fsp3) is 0.286. The molecular formula is C21H20ClN5O4S. The van der Waals surface area contributed by atoms with Gasteiger partial charge in [0, 0.05) is 24.3 Å². The van der Waals surface area contributed by atoms with Crippen LogP contribution in [0, 0.1) is 10.1 Å². The number of halogens is 1. The van der Waals surface area contributed by atoms with E-state index in [1.165, 1.54) is 23.9 Å². The lowest BCUT2D eigenvalue weighted by atomic mass is 10.2. The Balaban J connectivity index is 1.52. The van der Waals surface area contributed by atoms with Crippen molar-refractivity contribution < 1.29 is 14.5 Å². The summed E-state index contributed by atoms with van der Waals surface area (Å²) in [6, 6.07) is 13.2. The molecule has 1 atom stereocenters. The number of aromatic nitrogens is 3. The minimum Gasteiger partial charge on any atom is -0.376 e. The molecular weight excluding hydrogens is 454 g/mol. The van der Waals surface area contributed by atoms with E-state index >= 15 is 0 Å². The molecule has 11 heteroatoms. The third kappa shape index (κ3) is 5.26. The van der Waals surface area contributed by atoms with E-state index in [-0.39, 0.29) is 23.5 Å². The second kappa shape index (κ2) is 10.1. The van der Waals surface area contributed by atoms with E-state index in [0.717, 1.165) is 12.8 Å². The molecule has 1 aliphatic heterocycles. The molecule has 4 rings (SSSR count). The Morgan fingerprint density at radius 3 is 2.72 bits per heavy atom. The lowest BCUT2D eigenvalue weighted by Crippen LogP contribution is -2.18. The van der Waals surface area contributed by atoms with Crippen LogP contribution in [0.15, 0.2) is 53.7 Å². The molecule has 166 valence electrons. The van der Waals surface area contributed by atoms with Crippen molar-refractivity contribution in [2.24, 2.45) is 0 Å². The number of thioether (sulfide) groups is 1. The minimum absolute atomic E-state index is 0.00443. The Morgan fingerprint density at radius 2 is 2.03 bits per heavy atom. The molecule has 32 heavy (non-hydrogen) atoms. The highest BCUT2D eigenvalue weighted by Gasteiger charge is 2.22. The summed E-state index contributed by atoms with van der Waals surface area (Å²) in [4.78, 5) is 22.9. The molecule has 0 radical (unpaired) electrons. The second-order valence-corrected chi connectivity index (χ2v) is 8.52. The standard InChI is InChI=1S/C21H20ClN5O4S/c22-17-5-1-2-6-18(17)23-19(28)13-32-21-25-24-20(26(21)12-16-4-3-11-31-16)14-7-9-15(10-8-14)27(29)30/h1-2,5-10,16H,3-4,11-13H2,(H,23,28)/t16-/m1/s1. The number of ether oxygens (including phenoxy) is 1. The van der Waals surface area contributed by atoms with E-state index < -0.39 is 4.92 Å². The highest BCUT2D eigenvalue weighted by molar-refractivity contribution is 7.99. The van der Waals surface area contributed by atoms with Gasteiger partial charge in [-0.15, -0.1) is 10.2 Å². The van der Waals surface area contributed by atoms with Crippen LogP contribution in [0.1, 0.15) is 12.8 Å². The molecule has 1 saturated heterocycles. The predicted molar refractivity (Wildman–Crippen MR) is 122 cm³/mol. The van der Waals surface area contributed by atoms with Gasteiger partial charge in [-0.25, -0.2) is 0 Å². The van der Waals surface area contributed by atoms with Crippen LogP contribution >= 0.6 is 23.4 Å². The summed E-state index contributed by atoms with van der Waals surface area (Å²) in [7, 11) is 0. The number of hydrogen-bond donors (Lipinski definition) is 1. The number of nitrogens with one attached hydrogen (secondary N) is 1. The lowest BCUT2D eigenvalue weighted by Gasteiger charge is -2.14.